The summed E-state index contributed by atoms with van der Waals surface area (Å²) in [6.07, 6.45) is 1.09. The molecule has 0 heterocycles. The lowest BCUT2D eigenvalue weighted by Crippen LogP contribution is -1.96. The van der Waals surface area contributed by atoms with Crippen LogP contribution in [0.15, 0.2) is 48.5 Å². The van der Waals surface area contributed by atoms with E-state index in [0.29, 0.717) is 11.6 Å². The molecule has 2 aromatic rings. The van der Waals surface area contributed by atoms with Crippen LogP contribution in [0.4, 0.5) is 5.69 Å². The number of benzene rings is 2. The van der Waals surface area contributed by atoms with E-state index in [9.17, 15) is 0 Å². The molecule has 1 atom stereocenters. The highest BCUT2D eigenvalue weighted by molar-refractivity contribution is 5.46. The van der Waals surface area contributed by atoms with Crippen molar-refractivity contribution in [3.05, 3.63) is 54.1 Å². The number of nitrogen functional groups attached to an aromatic ring is 1. The first-order valence-corrected chi connectivity index (χ1v) is 6.33. The molecule has 0 amide bonds. The van der Waals surface area contributed by atoms with Crippen molar-refractivity contribution in [2.45, 2.75) is 26.2 Å². The first-order valence-electron chi connectivity index (χ1n) is 6.33. The van der Waals surface area contributed by atoms with Gasteiger partial charge in [0.05, 0.1) is 0 Å². The molecule has 0 aliphatic heterocycles. The molecule has 0 aliphatic carbocycles. The summed E-state index contributed by atoms with van der Waals surface area (Å²) in [4.78, 5) is 0. The Morgan fingerprint density at radius 3 is 2.61 bits per heavy atom. The Bertz CT molecular complexity index is 522. The summed E-state index contributed by atoms with van der Waals surface area (Å²) in [7, 11) is 0. The summed E-state index contributed by atoms with van der Waals surface area (Å²) in [5.74, 6) is 2.19. The molecule has 0 spiro atoms. The van der Waals surface area contributed by atoms with Gasteiger partial charge in [-0.25, -0.2) is 0 Å². The van der Waals surface area contributed by atoms with Gasteiger partial charge in [0.15, 0.2) is 0 Å². The SMILES string of the molecule is CCC(C)c1ccccc1Oc1cccc(N)c1. The van der Waals surface area contributed by atoms with E-state index in [-0.39, 0.29) is 0 Å². The third-order valence-electron chi connectivity index (χ3n) is 3.15. The summed E-state index contributed by atoms with van der Waals surface area (Å²) < 4.78 is 5.93. The van der Waals surface area contributed by atoms with Gasteiger partial charge < -0.3 is 10.5 Å². The van der Waals surface area contributed by atoms with Gasteiger partial charge in [-0.1, -0.05) is 38.1 Å². The first kappa shape index (κ1) is 12.5. The second-order valence-electron chi connectivity index (χ2n) is 4.52. The van der Waals surface area contributed by atoms with E-state index >= 15 is 0 Å². The molecule has 0 aromatic heterocycles. The Kier molecular flexibility index (Phi) is 3.88. The molecule has 2 heteroatoms. The molecule has 0 saturated carbocycles. The van der Waals surface area contributed by atoms with E-state index in [1.54, 1.807) is 0 Å². The molecule has 0 bridgehead atoms. The summed E-state index contributed by atoms with van der Waals surface area (Å²) in [6.45, 7) is 4.39. The minimum absolute atomic E-state index is 0.488. The predicted molar refractivity (Wildman–Crippen MR) is 76.1 cm³/mol. The molecule has 2 N–H and O–H groups in total. The van der Waals surface area contributed by atoms with Crippen LogP contribution in [0.1, 0.15) is 31.7 Å². The van der Waals surface area contributed by atoms with E-state index < -0.39 is 0 Å². The number of rotatable bonds is 4. The molecule has 0 fully saturated rings. The highest BCUT2D eigenvalue weighted by atomic mass is 16.5. The van der Waals surface area contributed by atoms with E-state index in [1.165, 1.54) is 5.56 Å². The summed E-state index contributed by atoms with van der Waals surface area (Å²) >= 11 is 0. The molecule has 0 radical (unpaired) electrons. The molecule has 2 nitrogen and oxygen atoms in total. The molecule has 94 valence electrons. The van der Waals surface area contributed by atoms with Crippen molar-refractivity contribution in [2.75, 3.05) is 5.73 Å². The lowest BCUT2D eigenvalue weighted by molar-refractivity contribution is 0.470. The standard InChI is InChI=1S/C16H19NO/c1-3-12(2)15-9-4-5-10-16(15)18-14-8-6-7-13(17)11-14/h4-12H,3,17H2,1-2H3. The average molecular weight is 241 g/mol. The number of nitrogens with two attached hydrogens (primary N) is 1. The number of para-hydroxylation sites is 1. The zero-order valence-electron chi connectivity index (χ0n) is 10.9. The molecule has 2 aromatic carbocycles. The first-order chi connectivity index (χ1) is 8.70. The van der Waals surface area contributed by atoms with Crippen LogP contribution in [0.3, 0.4) is 0 Å². The highest BCUT2D eigenvalue weighted by Crippen LogP contribution is 2.32. The fraction of sp³-hybridized carbons (Fsp3) is 0.250. The number of hydrogen-bond donors (Lipinski definition) is 1. The van der Waals surface area contributed by atoms with Crippen molar-refractivity contribution in [3.63, 3.8) is 0 Å². The van der Waals surface area contributed by atoms with Crippen LogP contribution in [0.2, 0.25) is 0 Å². The van der Waals surface area contributed by atoms with Crippen LogP contribution in [0, 0.1) is 0 Å². The van der Waals surface area contributed by atoms with Gasteiger partial charge >= 0.3 is 0 Å². The Hall–Kier alpha value is -1.96. The van der Waals surface area contributed by atoms with Crippen molar-refractivity contribution in [3.8, 4) is 11.5 Å². The molecule has 18 heavy (non-hydrogen) atoms. The van der Waals surface area contributed by atoms with Gasteiger partial charge in [0, 0.05) is 11.8 Å². The minimum Gasteiger partial charge on any atom is -0.457 e. The fourth-order valence-corrected chi connectivity index (χ4v) is 1.91. The fourth-order valence-electron chi connectivity index (χ4n) is 1.91. The lowest BCUT2D eigenvalue weighted by atomic mass is 9.98. The minimum atomic E-state index is 0.488. The van der Waals surface area contributed by atoms with E-state index in [1.807, 2.05) is 42.5 Å². The molecule has 1 unspecified atom stereocenters. The maximum atomic E-state index is 5.93. The van der Waals surface area contributed by atoms with Crippen LogP contribution in [0.25, 0.3) is 0 Å². The smallest absolute Gasteiger partial charge is 0.130 e. The predicted octanol–water partition coefficient (Wildman–Crippen LogP) is 4.57. The van der Waals surface area contributed by atoms with Gasteiger partial charge in [-0.15, -0.1) is 0 Å². The molecule has 2 rings (SSSR count). The van der Waals surface area contributed by atoms with Crippen molar-refractivity contribution in [1.29, 1.82) is 0 Å². The summed E-state index contributed by atoms with van der Waals surface area (Å²) in [5, 5.41) is 0. The van der Waals surface area contributed by atoms with Crippen molar-refractivity contribution in [2.24, 2.45) is 0 Å². The summed E-state index contributed by atoms with van der Waals surface area (Å²) in [6, 6.07) is 15.7. The summed E-state index contributed by atoms with van der Waals surface area (Å²) in [5.41, 5.74) is 7.71. The van der Waals surface area contributed by atoms with E-state index in [2.05, 4.69) is 19.9 Å². The number of anilines is 1. The second kappa shape index (κ2) is 5.58. The van der Waals surface area contributed by atoms with Gasteiger partial charge in [-0.05, 0) is 36.1 Å². The maximum Gasteiger partial charge on any atom is 0.130 e. The van der Waals surface area contributed by atoms with Crippen LogP contribution in [0.5, 0.6) is 11.5 Å². The zero-order valence-corrected chi connectivity index (χ0v) is 10.9. The quantitative estimate of drug-likeness (QED) is 0.795. The third-order valence-corrected chi connectivity index (χ3v) is 3.15. The largest absolute Gasteiger partial charge is 0.457 e. The van der Waals surface area contributed by atoms with Crippen molar-refractivity contribution in [1.82, 2.24) is 0 Å². The van der Waals surface area contributed by atoms with E-state index in [4.69, 9.17) is 10.5 Å². The lowest BCUT2D eigenvalue weighted by Gasteiger charge is -2.15. The Morgan fingerprint density at radius 1 is 1.11 bits per heavy atom. The van der Waals surface area contributed by atoms with Gasteiger partial charge in [-0.2, -0.15) is 0 Å². The molecular weight excluding hydrogens is 222 g/mol. The van der Waals surface area contributed by atoms with Crippen LogP contribution in [-0.2, 0) is 0 Å². The number of hydrogen-bond acceptors (Lipinski definition) is 2. The van der Waals surface area contributed by atoms with Gasteiger partial charge in [-0.3, -0.25) is 0 Å². The topological polar surface area (TPSA) is 35.2 Å². The zero-order chi connectivity index (χ0) is 13.0. The Balaban J connectivity index is 2.29. The maximum absolute atomic E-state index is 5.93. The van der Waals surface area contributed by atoms with Crippen LogP contribution >= 0.6 is 0 Å². The second-order valence-corrected chi connectivity index (χ2v) is 4.52. The van der Waals surface area contributed by atoms with E-state index in [0.717, 1.165) is 17.9 Å². The van der Waals surface area contributed by atoms with Crippen molar-refractivity contribution >= 4 is 5.69 Å². The van der Waals surface area contributed by atoms with Crippen molar-refractivity contribution < 1.29 is 4.74 Å². The Morgan fingerprint density at radius 2 is 1.89 bits per heavy atom. The highest BCUT2D eigenvalue weighted by Gasteiger charge is 2.10. The van der Waals surface area contributed by atoms with Crippen LogP contribution in [-0.4, -0.2) is 0 Å². The third kappa shape index (κ3) is 2.83. The van der Waals surface area contributed by atoms with Gasteiger partial charge in [0.2, 0.25) is 0 Å². The normalized spacial score (nSPS) is 12.1. The molecular formula is C16H19NO. The monoisotopic (exact) mass is 241 g/mol. The molecule has 0 saturated heterocycles. The average Bonchev–Trinajstić information content (AvgIpc) is 2.38. The van der Waals surface area contributed by atoms with Gasteiger partial charge in [0.1, 0.15) is 11.5 Å². The Labute approximate surface area is 108 Å². The number of ether oxygens (including phenoxy) is 1. The van der Waals surface area contributed by atoms with Crippen LogP contribution < -0.4 is 10.5 Å². The molecule has 0 aliphatic rings. The van der Waals surface area contributed by atoms with Gasteiger partial charge in [0.25, 0.3) is 0 Å².